The van der Waals surface area contributed by atoms with Crippen LogP contribution in [0.4, 0.5) is 0 Å². The molecule has 98 valence electrons. The fourth-order valence-electron chi connectivity index (χ4n) is 2.01. The van der Waals surface area contributed by atoms with Gasteiger partial charge in [0.25, 0.3) is 5.56 Å². The van der Waals surface area contributed by atoms with Crippen LogP contribution in [0.25, 0.3) is 0 Å². The smallest absolute Gasteiger partial charge is 0.298 e. The van der Waals surface area contributed by atoms with E-state index in [1.807, 2.05) is 0 Å². The molecule has 2 rings (SSSR count). The summed E-state index contributed by atoms with van der Waals surface area (Å²) >= 11 is 5.76. The second kappa shape index (κ2) is 5.39. The minimum Gasteiger partial charge on any atom is -0.489 e. The Morgan fingerprint density at radius 3 is 3.00 bits per heavy atom. The van der Waals surface area contributed by atoms with Crippen LogP contribution in [-0.4, -0.2) is 29.1 Å². The Bertz CT molecular complexity index is 515. The van der Waals surface area contributed by atoms with Crippen LogP contribution < -0.4 is 15.6 Å². The molecular formula is C11H14ClN3O3. The van der Waals surface area contributed by atoms with Crippen molar-refractivity contribution in [3.8, 4) is 5.75 Å². The number of hydrogen-bond acceptors (Lipinski definition) is 4. The molecule has 1 aliphatic heterocycles. The fraction of sp³-hybridized carbons (Fsp3) is 0.545. The van der Waals surface area contributed by atoms with E-state index in [4.69, 9.17) is 16.3 Å². The average Bonchev–Trinajstić information content (AvgIpc) is 2.55. The van der Waals surface area contributed by atoms with Gasteiger partial charge in [-0.3, -0.25) is 14.2 Å². The van der Waals surface area contributed by atoms with Crippen molar-refractivity contribution in [3.05, 3.63) is 21.8 Å². The monoisotopic (exact) mass is 271 g/mol. The third kappa shape index (κ3) is 2.33. The van der Waals surface area contributed by atoms with E-state index in [1.54, 1.807) is 0 Å². The lowest BCUT2D eigenvalue weighted by Gasteiger charge is -2.16. The van der Waals surface area contributed by atoms with E-state index in [1.165, 1.54) is 18.0 Å². The summed E-state index contributed by atoms with van der Waals surface area (Å²) in [5, 5.41) is 2.78. The van der Waals surface area contributed by atoms with Crippen LogP contribution in [-0.2, 0) is 4.79 Å². The number of aromatic nitrogens is 2. The van der Waals surface area contributed by atoms with E-state index >= 15 is 0 Å². The zero-order valence-corrected chi connectivity index (χ0v) is 10.7. The molecule has 0 radical (unpaired) electrons. The van der Waals surface area contributed by atoms with Gasteiger partial charge in [0.05, 0.1) is 7.11 Å². The van der Waals surface area contributed by atoms with Crippen molar-refractivity contribution in [1.82, 2.24) is 14.9 Å². The molecule has 1 aliphatic rings. The number of halogens is 1. The highest BCUT2D eigenvalue weighted by Gasteiger charge is 2.25. The summed E-state index contributed by atoms with van der Waals surface area (Å²) in [4.78, 5) is 27.9. The Morgan fingerprint density at radius 1 is 1.50 bits per heavy atom. The summed E-state index contributed by atoms with van der Waals surface area (Å²) in [6.45, 7) is 0.641. The van der Waals surface area contributed by atoms with Crippen LogP contribution in [0.2, 0.25) is 5.15 Å². The zero-order chi connectivity index (χ0) is 13.1. The molecule has 1 N–H and O–H groups in total. The highest BCUT2D eigenvalue weighted by molar-refractivity contribution is 6.30. The Kier molecular flexibility index (Phi) is 3.86. The molecule has 1 amide bonds. The molecule has 2 heterocycles. The summed E-state index contributed by atoms with van der Waals surface area (Å²) < 4.78 is 6.20. The van der Waals surface area contributed by atoms with Crippen LogP contribution in [0.3, 0.4) is 0 Å². The van der Waals surface area contributed by atoms with E-state index in [-0.39, 0.29) is 16.8 Å². The maximum absolute atomic E-state index is 12.1. The molecule has 0 aromatic carbocycles. The summed E-state index contributed by atoms with van der Waals surface area (Å²) in [5.74, 6) is -0.197. The van der Waals surface area contributed by atoms with Crippen molar-refractivity contribution < 1.29 is 9.53 Å². The maximum atomic E-state index is 12.1. The topological polar surface area (TPSA) is 73.2 Å². The van der Waals surface area contributed by atoms with E-state index in [9.17, 15) is 9.59 Å². The van der Waals surface area contributed by atoms with Gasteiger partial charge in [0.2, 0.25) is 11.7 Å². The normalized spacial score (nSPS) is 20.1. The van der Waals surface area contributed by atoms with Gasteiger partial charge in [0.15, 0.2) is 5.15 Å². The summed E-state index contributed by atoms with van der Waals surface area (Å²) in [6.07, 6.45) is 3.69. The number of carbonyl (C=O) groups is 1. The standard InChI is InChI=1S/C11H14ClN3O3/c1-18-8-9(12)14-6-15(11(8)17)7-4-2-3-5-13-10(7)16/h6-7H,2-5H2,1H3,(H,13,16). The van der Waals surface area contributed by atoms with Crippen molar-refractivity contribution >= 4 is 17.5 Å². The minimum absolute atomic E-state index is 0.00720. The van der Waals surface area contributed by atoms with Crippen molar-refractivity contribution in [2.24, 2.45) is 0 Å². The number of amides is 1. The lowest BCUT2D eigenvalue weighted by atomic mass is 10.1. The first kappa shape index (κ1) is 12.9. The van der Waals surface area contributed by atoms with Crippen LogP contribution in [0, 0.1) is 0 Å². The molecule has 0 aliphatic carbocycles. The highest BCUT2D eigenvalue weighted by atomic mass is 35.5. The fourth-order valence-corrected chi connectivity index (χ4v) is 2.21. The lowest BCUT2D eigenvalue weighted by molar-refractivity contribution is -0.124. The van der Waals surface area contributed by atoms with Gasteiger partial charge in [-0.1, -0.05) is 11.6 Å². The predicted molar refractivity (Wildman–Crippen MR) is 66.0 cm³/mol. The first-order valence-corrected chi connectivity index (χ1v) is 6.11. The zero-order valence-electron chi connectivity index (χ0n) is 9.98. The second-order valence-corrected chi connectivity index (χ2v) is 4.44. The number of nitrogens with one attached hydrogen (secondary N) is 1. The second-order valence-electron chi connectivity index (χ2n) is 4.08. The molecule has 1 atom stereocenters. The third-order valence-corrected chi connectivity index (χ3v) is 3.23. The number of methoxy groups -OCH3 is 1. The summed E-state index contributed by atoms with van der Waals surface area (Å²) in [6, 6.07) is -0.543. The van der Waals surface area contributed by atoms with Gasteiger partial charge in [0, 0.05) is 6.54 Å². The van der Waals surface area contributed by atoms with Gasteiger partial charge in [-0.25, -0.2) is 4.98 Å². The van der Waals surface area contributed by atoms with Gasteiger partial charge in [-0.05, 0) is 19.3 Å². The molecular weight excluding hydrogens is 258 g/mol. The van der Waals surface area contributed by atoms with E-state index in [0.717, 1.165) is 12.8 Å². The molecule has 1 aromatic rings. The van der Waals surface area contributed by atoms with Gasteiger partial charge in [-0.15, -0.1) is 0 Å². The van der Waals surface area contributed by atoms with Gasteiger partial charge in [-0.2, -0.15) is 0 Å². The molecule has 1 fully saturated rings. The van der Waals surface area contributed by atoms with Crippen molar-refractivity contribution in [3.63, 3.8) is 0 Å². The van der Waals surface area contributed by atoms with Gasteiger partial charge < -0.3 is 10.1 Å². The van der Waals surface area contributed by atoms with Gasteiger partial charge >= 0.3 is 0 Å². The van der Waals surface area contributed by atoms with Crippen LogP contribution >= 0.6 is 11.6 Å². The summed E-state index contributed by atoms with van der Waals surface area (Å²) in [7, 11) is 1.35. The highest BCUT2D eigenvalue weighted by Crippen LogP contribution is 2.20. The van der Waals surface area contributed by atoms with Crippen LogP contribution in [0.1, 0.15) is 25.3 Å². The van der Waals surface area contributed by atoms with E-state index in [0.29, 0.717) is 13.0 Å². The van der Waals surface area contributed by atoms with Crippen molar-refractivity contribution in [1.29, 1.82) is 0 Å². The largest absolute Gasteiger partial charge is 0.489 e. The van der Waals surface area contributed by atoms with Gasteiger partial charge in [0.1, 0.15) is 12.4 Å². The Labute approximate surface area is 109 Å². The van der Waals surface area contributed by atoms with E-state index < -0.39 is 11.6 Å². The van der Waals surface area contributed by atoms with E-state index in [2.05, 4.69) is 10.3 Å². The molecule has 1 aromatic heterocycles. The first-order chi connectivity index (χ1) is 8.65. The number of carbonyl (C=O) groups excluding carboxylic acids is 1. The lowest BCUT2D eigenvalue weighted by Crippen LogP contribution is -2.36. The Morgan fingerprint density at radius 2 is 2.28 bits per heavy atom. The van der Waals surface area contributed by atoms with Crippen LogP contribution in [0.5, 0.6) is 5.75 Å². The maximum Gasteiger partial charge on any atom is 0.298 e. The minimum atomic E-state index is -0.543. The van der Waals surface area contributed by atoms with Crippen molar-refractivity contribution in [2.45, 2.75) is 25.3 Å². The predicted octanol–water partition coefficient (Wildman–Crippen LogP) is 0.746. The number of rotatable bonds is 2. The van der Waals surface area contributed by atoms with Crippen molar-refractivity contribution in [2.75, 3.05) is 13.7 Å². The number of ether oxygens (including phenoxy) is 1. The SMILES string of the molecule is COc1c(Cl)ncn(C2CCCCNC2=O)c1=O. The summed E-state index contributed by atoms with van der Waals surface area (Å²) in [5.41, 5.74) is -0.431. The molecule has 0 spiro atoms. The molecule has 0 saturated carbocycles. The quantitative estimate of drug-likeness (QED) is 0.806. The molecule has 0 bridgehead atoms. The number of nitrogens with zero attached hydrogens (tertiary/aromatic N) is 2. The number of hydrogen-bond donors (Lipinski definition) is 1. The Hall–Kier alpha value is -1.56. The van der Waals surface area contributed by atoms with Crippen LogP contribution in [0.15, 0.2) is 11.1 Å². The molecule has 7 heteroatoms. The average molecular weight is 272 g/mol. The Balaban J connectivity index is 2.44. The molecule has 6 nitrogen and oxygen atoms in total. The third-order valence-electron chi connectivity index (χ3n) is 2.96. The molecule has 18 heavy (non-hydrogen) atoms. The molecule has 1 unspecified atom stereocenters. The first-order valence-electron chi connectivity index (χ1n) is 5.73. The molecule has 1 saturated heterocycles.